The maximum absolute atomic E-state index is 11.4. The number of thioether (sulfide) groups is 1. The molecule has 1 rings (SSSR count). The number of methoxy groups -OCH3 is 2. The largest absolute Gasteiger partial charge is 0.493 e. The predicted octanol–water partition coefficient (Wildman–Crippen LogP) is 1.69. The van der Waals surface area contributed by atoms with Gasteiger partial charge in [-0.05, 0) is 18.4 Å². The third-order valence-electron chi connectivity index (χ3n) is 2.12. The van der Waals surface area contributed by atoms with Crippen molar-refractivity contribution in [3.63, 3.8) is 0 Å². The van der Waals surface area contributed by atoms with E-state index < -0.39 is 11.8 Å². The van der Waals surface area contributed by atoms with Crippen LogP contribution in [-0.2, 0) is 4.79 Å². The van der Waals surface area contributed by atoms with Crippen LogP contribution in [0.4, 0.5) is 0 Å². The molecule has 0 aromatic heterocycles. The van der Waals surface area contributed by atoms with Crippen molar-refractivity contribution in [2.75, 3.05) is 20.5 Å². The SMILES string of the molecule is COc1cc(C(=O)C(=O)O)cc(SC)c1OC. The number of hydrogen-bond donors (Lipinski definition) is 1. The third-order valence-corrected chi connectivity index (χ3v) is 2.86. The van der Waals surface area contributed by atoms with Gasteiger partial charge in [0.1, 0.15) is 0 Å². The normalized spacial score (nSPS) is 9.82. The summed E-state index contributed by atoms with van der Waals surface area (Å²) in [6, 6.07) is 2.83. The molecule has 0 radical (unpaired) electrons. The van der Waals surface area contributed by atoms with Gasteiger partial charge in [-0.15, -0.1) is 11.8 Å². The molecule has 17 heavy (non-hydrogen) atoms. The fourth-order valence-corrected chi connectivity index (χ4v) is 1.95. The van der Waals surface area contributed by atoms with E-state index in [-0.39, 0.29) is 5.56 Å². The van der Waals surface area contributed by atoms with Crippen LogP contribution in [0, 0.1) is 0 Å². The van der Waals surface area contributed by atoms with Crippen LogP contribution in [-0.4, -0.2) is 37.3 Å². The summed E-state index contributed by atoms with van der Waals surface area (Å²) in [5.74, 6) is -1.64. The van der Waals surface area contributed by atoms with E-state index in [1.54, 1.807) is 6.26 Å². The molecule has 92 valence electrons. The number of aliphatic carboxylic acids is 1. The number of rotatable bonds is 5. The molecule has 0 unspecified atom stereocenters. The van der Waals surface area contributed by atoms with E-state index in [9.17, 15) is 9.59 Å². The van der Waals surface area contributed by atoms with Gasteiger partial charge in [-0.2, -0.15) is 0 Å². The van der Waals surface area contributed by atoms with Crippen LogP contribution in [0.15, 0.2) is 17.0 Å². The van der Waals surface area contributed by atoms with Crippen LogP contribution >= 0.6 is 11.8 Å². The lowest BCUT2D eigenvalue weighted by molar-refractivity contribution is -0.131. The van der Waals surface area contributed by atoms with Gasteiger partial charge in [0.05, 0.1) is 19.1 Å². The van der Waals surface area contributed by atoms with E-state index >= 15 is 0 Å². The van der Waals surface area contributed by atoms with Gasteiger partial charge in [0.25, 0.3) is 5.78 Å². The van der Waals surface area contributed by atoms with Crippen molar-refractivity contribution in [2.24, 2.45) is 0 Å². The van der Waals surface area contributed by atoms with E-state index in [0.29, 0.717) is 16.4 Å². The van der Waals surface area contributed by atoms with E-state index in [2.05, 4.69) is 0 Å². The Balaban J connectivity index is 3.37. The maximum atomic E-state index is 11.4. The maximum Gasteiger partial charge on any atom is 0.377 e. The molecule has 1 aromatic carbocycles. The summed E-state index contributed by atoms with van der Waals surface area (Å²) in [5, 5.41) is 8.66. The molecule has 0 amide bonds. The van der Waals surface area contributed by atoms with Crippen LogP contribution in [0.2, 0.25) is 0 Å². The first-order chi connectivity index (χ1) is 8.04. The molecule has 0 heterocycles. The fraction of sp³-hybridized carbons (Fsp3) is 0.273. The molecule has 0 aliphatic heterocycles. The van der Waals surface area contributed by atoms with Gasteiger partial charge in [-0.3, -0.25) is 4.79 Å². The van der Waals surface area contributed by atoms with Crippen molar-refractivity contribution in [3.05, 3.63) is 17.7 Å². The van der Waals surface area contributed by atoms with Crippen molar-refractivity contribution >= 4 is 23.5 Å². The predicted molar refractivity (Wildman–Crippen MR) is 63.3 cm³/mol. The number of hydrogen-bond acceptors (Lipinski definition) is 5. The molecule has 1 aromatic rings. The summed E-state index contributed by atoms with van der Waals surface area (Å²) in [5.41, 5.74) is 0.0690. The minimum atomic E-state index is -1.50. The fourth-order valence-electron chi connectivity index (χ4n) is 1.34. The first-order valence-electron chi connectivity index (χ1n) is 4.62. The second-order valence-corrected chi connectivity index (χ2v) is 3.90. The molecular formula is C11H12O5S. The lowest BCUT2D eigenvalue weighted by Crippen LogP contribution is -2.13. The molecule has 5 nitrogen and oxygen atoms in total. The van der Waals surface area contributed by atoms with Gasteiger partial charge < -0.3 is 14.6 Å². The van der Waals surface area contributed by atoms with Gasteiger partial charge in [-0.1, -0.05) is 0 Å². The summed E-state index contributed by atoms with van der Waals surface area (Å²) in [7, 11) is 2.91. The topological polar surface area (TPSA) is 72.8 Å². The lowest BCUT2D eigenvalue weighted by atomic mass is 10.1. The van der Waals surface area contributed by atoms with Gasteiger partial charge >= 0.3 is 5.97 Å². The van der Waals surface area contributed by atoms with E-state index in [1.165, 1.54) is 38.1 Å². The number of ether oxygens (including phenoxy) is 2. The Morgan fingerprint density at radius 3 is 2.29 bits per heavy atom. The lowest BCUT2D eigenvalue weighted by Gasteiger charge is -2.12. The molecule has 0 atom stereocenters. The second-order valence-electron chi connectivity index (χ2n) is 3.05. The van der Waals surface area contributed by atoms with Crippen molar-refractivity contribution < 1.29 is 24.2 Å². The zero-order valence-electron chi connectivity index (χ0n) is 9.64. The number of carboxylic acids is 1. The molecule has 0 saturated carbocycles. The van der Waals surface area contributed by atoms with Crippen LogP contribution in [0.3, 0.4) is 0 Å². The summed E-state index contributed by atoms with van der Waals surface area (Å²) in [4.78, 5) is 22.6. The first kappa shape index (κ1) is 13.4. The van der Waals surface area contributed by atoms with Gasteiger partial charge in [0, 0.05) is 5.56 Å². The minimum absolute atomic E-state index is 0.0690. The number of carbonyl (C=O) groups is 2. The van der Waals surface area contributed by atoms with Crippen LogP contribution in [0.25, 0.3) is 0 Å². The van der Waals surface area contributed by atoms with Crippen molar-refractivity contribution in [1.29, 1.82) is 0 Å². The number of Topliss-reactive ketones (excluding diaryl/α,β-unsaturated/α-hetero) is 1. The van der Waals surface area contributed by atoms with E-state index in [1.807, 2.05) is 0 Å². The highest BCUT2D eigenvalue weighted by atomic mass is 32.2. The molecule has 0 aliphatic rings. The highest BCUT2D eigenvalue weighted by Gasteiger charge is 2.20. The standard InChI is InChI=1S/C11H12O5S/c1-15-7-4-6(9(12)11(13)14)5-8(17-3)10(7)16-2/h4-5H,1-3H3,(H,13,14). The third kappa shape index (κ3) is 2.71. The Morgan fingerprint density at radius 1 is 1.24 bits per heavy atom. The molecule has 0 aliphatic carbocycles. The highest BCUT2D eigenvalue weighted by Crippen LogP contribution is 2.37. The quantitative estimate of drug-likeness (QED) is 0.491. The van der Waals surface area contributed by atoms with Crippen molar-refractivity contribution in [2.45, 2.75) is 4.90 Å². The Hall–Kier alpha value is -1.69. The van der Waals surface area contributed by atoms with Crippen molar-refractivity contribution in [1.82, 2.24) is 0 Å². The second kappa shape index (κ2) is 5.58. The number of carboxylic acid groups (broad SMARTS) is 1. The number of ketones is 1. The Bertz CT molecular complexity index is 430. The number of carbonyl (C=O) groups excluding carboxylic acids is 1. The average Bonchev–Trinajstić information content (AvgIpc) is 2.35. The monoisotopic (exact) mass is 256 g/mol. The molecule has 0 saturated heterocycles. The summed E-state index contributed by atoms with van der Waals surface area (Å²) >= 11 is 1.34. The van der Waals surface area contributed by atoms with Gasteiger partial charge in [0.2, 0.25) is 0 Å². The molecule has 0 bridgehead atoms. The zero-order valence-corrected chi connectivity index (χ0v) is 10.5. The van der Waals surface area contributed by atoms with E-state index in [4.69, 9.17) is 14.6 Å². The Labute approximate surface area is 103 Å². The van der Waals surface area contributed by atoms with Gasteiger partial charge in [-0.25, -0.2) is 4.79 Å². The summed E-state index contributed by atoms with van der Waals surface area (Å²) < 4.78 is 10.2. The molecule has 0 fully saturated rings. The van der Waals surface area contributed by atoms with Gasteiger partial charge in [0.15, 0.2) is 11.5 Å². The summed E-state index contributed by atoms with van der Waals surface area (Å²) in [6.07, 6.45) is 1.80. The highest BCUT2D eigenvalue weighted by molar-refractivity contribution is 7.98. The molecule has 1 N–H and O–H groups in total. The zero-order chi connectivity index (χ0) is 13.0. The van der Waals surface area contributed by atoms with Crippen molar-refractivity contribution in [3.8, 4) is 11.5 Å². The van der Waals surface area contributed by atoms with Crippen LogP contribution < -0.4 is 9.47 Å². The van der Waals surface area contributed by atoms with E-state index in [0.717, 1.165) is 0 Å². The molecule has 0 spiro atoms. The molecule has 6 heteroatoms. The van der Waals surface area contributed by atoms with Crippen LogP contribution in [0.5, 0.6) is 11.5 Å². The summed E-state index contributed by atoms with van der Waals surface area (Å²) in [6.45, 7) is 0. The number of benzene rings is 1. The molecular weight excluding hydrogens is 244 g/mol. The van der Waals surface area contributed by atoms with Crippen LogP contribution in [0.1, 0.15) is 10.4 Å². The minimum Gasteiger partial charge on any atom is -0.493 e. The average molecular weight is 256 g/mol. The Morgan fingerprint density at radius 2 is 1.88 bits per heavy atom. The smallest absolute Gasteiger partial charge is 0.377 e. The first-order valence-corrected chi connectivity index (χ1v) is 5.85. The Kier molecular flexibility index (Phi) is 4.39.